The first kappa shape index (κ1) is 15.8. The predicted molar refractivity (Wildman–Crippen MR) is 64.3 cm³/mol. The largest absolute Gasteiger partial charge is 0.461 e. The molecule has 0 aromatic rings. The van der Waals surface area contributed by atoms with E-state index in [0.717, 1.165) is 0 Å². The van der Waals surface area contributed by atoms with E-state index in [9.17, 15) is 14.9 Å². The summed E-state index contributed by atoms with van der Waals surface area (Å²) in [4.78, 5) is 22.0. The van der Waals surface area contributed by atoms with Crippen LogP contribution in [0.5, 0.6) is 0 Å². The van der Waals surface area contributed by atoms with Crippen molar-refractivity contribution >= 4 is 5.97 Å². The first-order valence-corrected chi connectivity index (χ1v) is 5.97. The summed E-state index contributed by atoms with van der Waals surface area (Å²) in [7, 11) is 0. The van der Waals surface area contributed by atoms with Crippen LogP contribution in [0.25, 0.3) is 0 Å². The highest BCUT2D eigenvalue weighted by Gasteiger charge is 2.39. The summed E-state index contributed by atoms with van der Waals surface area (Å²) >= 11 is 0. The van der Waals surface area contributed by atoms with E-state index in [1.807, 2.05) is 20.8 Å². The van der Waals surface area contributed by atoms with Gasteiger partial charge in [0.15, 0.2) is 0 Å². The maximum absolute atomic E-state index is 11.6. The molecule has 0 aliphatic carbocycles. The highest BCUT2D eigenvalue weighted by atomic mass is 16.6. The maximum Gasteiger partial charge on any atom is 0.383 e. The van der Waals surface area contributed by atoms with Gasteiger partial charge in [0, 0.05) is 4.92 Å². The van der Waals surface area contributed by atoms with E-state index >= 15 is 0 Å². The van der Waals surface area contributed by atoms with Gasteiger partial charge in [-0.05, 0) is 25.8 Å². The molecule has 0 rings (SSSR count). The van der Waals surface area contributed by atoms with Gasteiger partial charge in [-0.25, -0.2) is 4.79 Å². The van der Waals surface area contributed by atoms with Crippen molar-refractivity contribution in [2.24, 2.45) is 5.92 Å². The van der Waals surface area contributed by atoms with Gasteiger partial charge >= 0.3 is 12.0 Å². The highest BCUT2D eigenvalue weighted by Crippen LogP contribution is 2.12. The number of nitrogens with one attached hydrogen (secondary N) is 1. The molecule has 0 amide bonds. The number of nitrogens with zero attached hydrogens (tertiary/aromatic N) is 1. The van der Waals surface area contributed by atoms with E-state index in [1.165, 1.54) is 0 Å². The lowest BCUT2D eigenvalue weighted by molar-refractivity contribution is -0.515. The maximum atomic E-state index is 11.6. The van der Waals surface area contributed by atoms with Gasteiger partial charge < -0.3 is 10.1 Å². The molecule has 0 bridgehead atoms. The van der Waals surface area contributed by atoms with Gasteiger partial charge in [-0.2, -0.15) is 0 Å². The van der Waals surface area contributed by atoms with Crippen molar-refractivity contribution in [1.29, 1.82) is 0 Å². The first-order valence-electron chi connectivity index (χ1n) is 5.97. The van der Waals surface area contributed by atoms with Crippen LogP contribution in [0.4, 0.5) is 0 Å². The summed E-state index contributed by atoms with van der Waals surface area (Å²) in [5, 5.41) is 14.0. The van der Waals surface area contributed by atoms with Crippen molar-refractivity contribution in [3.05, 3.63) is 10.1 Å². The molecule has 2 unspecified atom stereocenters. The Bertz CT molecular complexity index is 256. The van der Waals surface area contributed by atoms with Crippen molar-refractivity contribution in [3.8, 4) is 0 Å². The molecule has 0 saturated heterocycles. The van der Waals surface area contributed by atoms with Crippen molar-refractivity contribution in [2.75, 3.05) is 13.2 Å². The van der Waals surface area contributed by atoms with Crippen LogP contribution in [0.15, 0.2) is 0 Å². The van der Waals surface area contributed by atoms with Crippen LogP contribution in [-0.2, 0) is 9.53 Å². The number of rotatable bonds is 8. The molecule has 0 fully saturated rings. The zero-order valence-corrected chi connectivity index (χ0v) is 10.9. The zero-order valence-electron chi connectivity index (χ0n) is 10.9. The average Bonchev–Trinajstić information content (AvgIpc) is 2.16. The number of carbonyl (C=O) groups excluding carboxylic acids is 1. The number of hydrogen-bond donors (Lipinski definition) is 1. The molecule has 0 aromatic heterocycles. The van der Waals surface area contributed by atoms with Crippen molar-refractivity contribution in [1.82, 2.24) is 5.32 Å². The Morgan fingerprint density at radius 2 is 2.00 bits per heavy atom. The van der Waals surface area contributed by atoms with Crippen LogP contribution >= 0.6 is 0 Å². The molecular formula is C11H22N2O4. The summed E-state index contributed by atoms with van der Waals surface area (Å²) in [6.45, 7) is 8.17. The van der Waals surface area contributed by atoms with Gasteiger partial charge in [-0.1, -0.05) is 20.8 Å². The molecule has 6 heteroatoms. The molecule has 0 heterocycles. The van der Waals surface area contributed by atoms with Gasteiger partial charge in [0.2, 0.25) is 0 Å². The Morgan fingerprint density at radius 3 is 2.35 bits per heavy atom. The summed E-state index contributed by atoms with van der Waals surface area (Å²) in [6.07, 6.45) is 0.568. The summed E-state index contributed by atoms with van der Waals surface area (Å²) in [6, 6.07) is -1.80. The minimum absolute atomic E-state index is 0.156. The molecule has 0 saturated carbocycles. The van der Waals surface area contributed by atoms with Crippen LogP contribution in [-0.4, -0.2) is 36.1 Å². The second-order valence-corrected chi connectivity index (χ2v) is 4.28. The number of nitro groups is 1. The predicted octanol–water partition coefficient (Wildman–Crippen LogP) is 1.22. The molecular weight excluding hydrogens is 224 g/mol. The molecule has 100 valence electrons. The number of ether oxygens (including phenoxy) is 1. The van der Waals surface area contributed by atoms with Crippen molar-refractivity contribution in [2.45, 2.75) is 46.2 Å². The van der Waals surface area contributed by atoms with Crippen molar-refractivity contribution < 1.29 is 14.5 Å². The Balaban J connectivity index is 4.81. The lowest BCUT2D eigenvalue weighted by Crippen LogP contribution is -2.50. The van der Waals surface area contributed by atoms with Crippen LogP contribution in [0.2, 0.25) is 0 Å². The lowest BCUT2D eigenvalue weighted by Gasteiger charge is -2.21. The molecule has 0 aromatic carbocycles. The van der Waals surface area contributed by atoms with Gasteiger partial charge in [-0.15, -0.1) is 0 Å². The van der Waals surface area contributed by atoms with Crippen LogP contribution in [0.1, 0.15) is 34.1 Å². The Labute approximate surface area is 102 Å². The number of hydrogen-bond acceptors (Lipinski definition) is 5. The molecule has 17 heavy (non-hydrogen) atoms. The molecule has 0 spiro atoms. The topological polar surface area (TPSA) is 81.5 Å². The SMILES string of the molecule is CCNC(CC(C)C)C(C(=O)OCC)[N+](=O)[O-]. The van der Waals surface area contributed by atoms with Crippen LogP contribution < -0.4 is 5.32 Å². The Kier molecular flexibility index (Phi) is 7.45. The number of likely N-dealkylation sites (N-methyl/N-ethyl adjacent to an activating group) is 1. The quantitative estimate of drug-likeness (QED) is 0.395. The molecule has 0 aliphatic heterocycles. The average molecular weight is 246 g/mol. The molecule has 1 N–H and O–H groups in total. The van der Waals surface area contributed by atoms with Crippen LogP contribution in [0, 0.1) is 16.0 Å². The van der Waals surface area contributed by atoms with Gasteiger partial charge in [0.25, 0.3) is 0 Å². The Morgan fingerprint density at radius 1 is 1.41 bits per heavy atom. The Hall–Kier alpha value is -1.17. The minimum atomic E-state index is -1.32. The third kappa shape index (κ3) is 5.63. The normalized spacial score (nSPS) is 14.4. The number of esters is 1. The highest BCUT2D eigenvalue weighted by molar-refractivity contribution is 5.75. The van der Waals surface area contributed by atoms with Gasteiger partial charge in [0.05, 0.1) is 12.6 Å². The first-order chi connectivity index (χ1) is 7.93. The summed E-state index contributed by atoms with van der Waals surface area (Å²) in [5.74, 6) is -0.486. The fourth-order valence-electron chi connectivity index (χ4n) is 1.72. The minimum Gasteiger partial charge on any atom is -0.461 e. The standard InChI is InChI=1S/C11H22N2O4/c1-5-12-9(7-8(3)4)10(13(15)16)11(14)17-6-2/h8-10,12H,5-7H2,1-4H3. The second-order valence-electron chi connectivity index (χ2n) is 4.28. The van der Waals surface area contributed by atoms with E-state index in [1.54, 1.807) is 6.92 Å². The zero-order chi connectivity index (χ0) is 13.4. The summed E-state index contributed by atoms with van der Waals surface area (Å²) < 4.78 is 4.75. The third-order valence-electron chi connectivity index (χ3n) is 2.33. The van der Waals surface area contributed by atoms with E-state index in [0.29, 0.717) is 13.0 Å². The molecule has 0 aliphatic rings. The van der Waals surface area contributed by atoms with Gasteiger partial charge in [0.1, 0.15) is 0 Å². The molecule has 6 nitrogen and oxygen atoms in total. The van der Waals surface area contributed by atoms with Crippen molar-refractivity contribution in [3.63, 3.8) is 0 Å². The van der Waals surface area contributed by atoms with E-state index in [4.69, 9.17) is 4.74 Å². The molecule has 2 atom stereocenters. The summed E-state index contributed by atoms with van der Waals surface area (Å²) in [5.41, 5.74) is 0. The van der Waals surface area contributed by atoms with E-state index in [2.05, 4.69) is 5.32 Å². The fraction of sp³-hybridized carbons (Fsp3) is 0.909. The third-order valence-corrected chi connectivity index (χ3v) is 2.33. The van der Waals surface area contributed by atoms with E-state index < -0.39 is 23.0 Å². The smallest absolute Gasteiger partial charge is 0.383 e. The fourth-order valence-corrected chi connectivity index (χ4v) is 1.72. The second kappa shape index (κ2) is 8.00. The van der Waals surface area contributed by atoms with Gasteiger partial charge in [-0.3, -0.25) is 10.1 Å². The van der Waals surface area contributed by atoms with E-state index in [-0.39, 0.29) is 12.5 Å². The van der Waals surface area contributed by atoms with Crippen LogP contribution in [0.3, 0.4) is 0 Å². The lowest BCUT2D eigenvalue weighted by atomic mass is 9.97. The monoisotopic (exact) mass is 246 g/mol. The number of carbonyl (C=O) groups is 1. The molecule has 0 radical (unpaired) electrons.